The van der Waals surface area contributed by atoms with Crippen molar-refractivity contribution in [2.24, 2.45) is 0 Å². The number of benzene rings is 1. The minimum Gasteiger partial charge on any atom is -0.360 e. The topological polar surface area (TPSA) is 37.0 Å². The molecule has 0 saturated heterocycles. The molecule has 4 heteroatoms. The summed E-state index contributed by atoms with van der Waals surface area (Å²) < 4.78 is 0. The number of aromatic nitrogens is 1. The van der Waals surface area contributed by atoms with Crippen LogP contribution in [-0.2, 0) is 11.4 Å². The van der Waals surface area contributed by atoms with Gasteiger partial charge in [-0.3, -0.25) is 0 Å². The van der Waals surface area contributed by atoms with Gasteiger partial charge in [-0.05, 0) is 11.6 Å². The Bertz CT molecular complexity index is 439. The van der Waals surface area contributed by atoms with Gasteiger partial charge < -0.3 is 9.82 Å². The summed E-state index contributed by atoms with van der Waals surface area (Å²) in [7, 11) is 1.60. The maximum Gasteiger partial charge on any atom is 0.0662 e. The molecule has 74 valence electrons. The van der Waals surface area contributed by atoms with Gasteiger partial charge in [0.2, 0.25) is 0 Å². The molecular weight excluding hydrogens is 200 g/mol. The van der Waals surface area contributed by atoms with Crippen LogP contribution in [0.15, 0.2) is 24.4 Å². The minimum atomic E-state index is 0.644. The highest BCUT2D eigenvalue weighted by Gasteiger charge is 2.05. The van der Waals surface area contributed by atoms with Crippen molar-refractivity contribution in [2.45, 2.75) is 6.54 Å². The molecular formula is C10H11ClN2O. The van der Waals surface area contributed by atoms with Gasteiger partial charge in [-0.1, -0.05) is 23.7 Å². The van der Waals surface area contributed by atoms with Gasteiger partial charge in [0.05, 0.1) is 12.1 Å². The van der Waals surface area contributed by atoms with Crippen LogP contribution in [0.2, 0.25) is 5.02 Å². The van der Waals surface area contributed by atoms with Crippen molar-refractivity contribution in [2.75, 3.05) is 7.11 Å². The van der Waals surface area contributed by atoms with E-state index in [4.69, 9.17) is 16.4 Å². The van der Waals surface area contributed by atoms with E-state index in [0.717, 1.165) is 21.5 Å². The highest BCUT2D eigenvalue weighted by atomic mass is 35.5. The highest BCUT2D eigenvalue weighted by molar-refractivity contribution is 6.35. The number of halogens is 1. The Kier molecular flexibility index (Phi) is 2.72. The molecule has 0 atom stereocenters. The summed E-state index contributed by atoms with van der Waals surface area (Å²) in [5, 5.41) is 1.80. The van der Waals surface area contributed by atoms with E-state index in [1.807, 2.05) is 18.2 Å². The Morgan fingerprint density at radius 3 is 3.14 bits per heavy atom. The molecule has 0 saturated carbocycles. The monoisotopic (exact) mass is 210 g/mol. The Labute approximate surface area is 87.0 Å². The first-order valence-electron chi connectivity index (χ1n) is 4.33. The fourth-order valence-electron chi connectivity index (χ4n) is 1.51. The second kappa shape index (κ2) is 4.00. The largest absolute Gasteiger partial charge is 0.360 e. The average Bonchev–Trinajstić information content (AvgIpc) is 2.58. The Hall–Kier alpha value is -1.03. The predicted octanol–water partition coefficient (Wildman–Crippen LogP) is 2.47. The maximum absolute atomic E-state index is 6.06. The molecule has 1 aromatic heterocycles. The van der Waals surface area contributed by atoms with Gasteiger partial charge >= 0.3 is 0 Å². The van der Waals surface area contributed by atoms with Crippen molar-refractivity contribution < 1.29 is 4.84 Å². The van der Waals surface area contributed by atoms with Gasteiger partial charge in [-0.2, -0.15) is 5.48 Å². The van der Waals surface area contributed by atoms with Crippen molar-refractivity contribution in [3.63, 3.8) is 0 Å². The van der Waals surface area contributed by atoms with Crippen LogP contribution in [0, 0.1) is 0 Å². The van der Waals surface area contributed by atoms with E-state index in [2.05, 4.69) is 10.5 Å². The van der Waals surface area contributed by atoms with E-state index < -0.39 is 0 Å². The maximum atomic E-state index is 6.06. The lowest BCUT2D eigenvalue weighted by Crippen LogP contribution is -2.10. The normalized spacial score (nSPS) is 11.0. The zero-order valence-corrected chi connectivity index (χ0v) is 8.56. The number of nitrogens with one attached hydrogen (secondary N) is 2. The van der Waals surface area contributed by atoms with Crippen LogP contribution in [0.25, 0.3) is 10.9 Å². The number of aromatic amines is 1. The van der Waals surface area contributed by atoms with Crippen molar-refractivity contribution in [1.82, 2.24) is 10.5 Å². The highest BCUT2D eigenvalue weighted by Crippen LogP contribution is 2.26. The Balaban J connectivity index is 2.46. The Morgan fingerprint density at radius 2 is 2.36 bits per heavy atom. The molecule has 1 heterocycles. The number of rotatable bonds is 3. The number of hydroxylamine groups is 1. The molecule has 0 bridgehead atoms. The molecule has 2 aromatic rings. The summed E-state index contributed by atoms with van der Waals surface area (Å²) in [5.41, 5.74) is 4.97. The molecule has 1 aromatic carbocycles. The fraction of sp³-hybridized carbons (Fsp3) is 0.200. The van der Waals surface area contributed by atoms with Gasteiger partial charge in [0.25, 0.3) is 0 Å². The van der Waals surface area contributed by atoms with Gasteiger partial charge in [-0.15, -0.1) is 0 Å². The SMILES string of the molecule is CONCc1cccc2[nH]cc(Cl)c12. The van der Waals surface area contributed by atoms with Crippen LogP contribution >= 0.6 is 11.6 Å². The van der Waals surface area contributed by atoms with E-state index in [-0.39, 0.29) is 0 Å². The third kappa shape index (κ3) is 1.62. The van der Waals surface area contributed by atoms with Gasteiger partial charge in [0, 0.05) is 23.6 Å². The summed E-state index contributed by atoms with van der Waals surface area (Å²) in [6.07, 6.45) is 1.79. The predicted molar refractivity (Wildman–Crippen MR) is 57.2 cm³/mol. The van der Waals surface area contributed by atoms with E-state index in [1.54, 1.807) is 13.3 Å². The van der Waals surface area contributed by atoms with Crippen LogP contribution in [0.5, 0.6) is 0 Å². The lowest BCUT2D eigenvalue weighted by Gasteiger charge is -2.03. The van der Waals surface area contributed by atoms with Gasteiger partial charge in [-0.25, -0.2) is 0 Å². The first-order chi connectivity index (χ1) is 6.83. The molecule has 2 N–H and O–H groups in total. The molecule has 0 aliphatic heterocycles. The average molecular weight is 211 g/mol. The lowest BCUT2D eigenvalue weighted by molar-refractivity contribution is 0.0870. The first-order valence-corrected chi connectivity index (χ1v) is 4.71. The molecule has 0 aliphatic carbocycles. The van der Waals surface area contributed by atoms with Crippen LogP contribution in [-0.4, -0.2) is 12.1 Å². The minimum absolute atomic E-state index is 0.644. The standard InChI is InChI=1S/C10H11ClN2O/c1-14-13-5-7-3-2-4-9-10(7)8(11)6-12-9/h2-4,6,12-13H,5H2,1H3. The summed E-state index contributed by atoms with van der Waals surface area (Å²) in [5.74, 6) is 0. The third-order valence-corrected chi connectivity index (χ3v) is 2.45. The molecule has 0 radical (unpaired) electrons. The van der Waals surface area contributed by atoms with E-state index in [0.29, 0.717) is 6.54 Å². The van der Waals surface area contributed by atoms with Gasteiger partial charge in [0.15, 0.2) is 0 Å². The smallest absolute Gasteiger partial charge is 0.0662 e. The quantitative estimate of drug-likeness (QED) is 0.764. The number of H-pyrrole nitrogens is 1. The van der Waals surface area contributed by atoms with Crippen LogP contribution in [0.3, 0.4) is 0 Å². The van der Waals surface area contributed by atoms with E-state index in [1.165, 1.54) is 0 Å². The summed E-state index contributed by atoms with van der Waals surface area (Å²) in [6, 6.07) is 6.01. The van der Waals surface area contributed by atoms with Crippen LogP contribution in [0.4, 0.5) is 0 Å². The summed E-state index contributed by atoms with van der Waals surface area (Å²) in [4.78, 5) is 7.91. The molecule has 2 rings (SSSR count). The zero-order valence-electron chi connectivity index (χ0n) is 7.80. The van der Waals surface area contributed by atoms with Crippen LogP contribution in [0.1, 0.15) is 5.56 Å². The molecule has 0 unspecified atom stereocenters. The van der Waals surface area contributed by atoms with Crippen molar-refractivity contribution in [3.8, 4) is 0 Å². The summed E-state index contributed by atoms with van der Waals surface area (Å²) >= 11 is 6.06. The molecule has 0 fully saturated rings. The molecule has 14 heavy (non-hydrogen) atoms. The van der Waals surface area contributed by atoms with Crippen molar-refractivity contribution >= 4 is 22.5 Å². The number of fused-ring (bicyclic) bond motifs is 1. The third-order valence-electron chi connectivity index (χ3n) is 2.15. The van der Waals surface area contributed by atoms with E-state index in [9.17, 15) is 0 Å². The molecule has 0 aliphatic rings. The van der Waals surface area contributed by atoms with Crippen LogP contribution < -0.4 is 5.48 Å². The van der Waals surface area contributed by atoms with Crippen molar-refractivity contribution in [1.29, 1.82) is 0 Å². The lowest BCUT2D eigenvalue weighted by atomic mass is 10.1. The van der Waals surface area contributed by atoms with E-state index >= 15 is 0 Å². The van der Waals surface area contributed by atoms with Gasteiger partial charge in [0.1, 0.15) is 0 Å². The number of hydrogen-bond donors (Lipinski definition) is 2. The molecule has 0 spiro atoms. The number of hydrogen-bond acceptors (Lipinski definition) is 2. The summed E-state index contributed by atoms with van der Waals surface area (Å²) in [6.45, 7) is 0.644. The first kappa shape index (κ1) is 9.52. The molecule has 0 amide bonds. The second-order valence-corrected chi connectivity index (χ2v) is 3.41. The second-order valence-electron chi connectivity index (χ2n) is 3.00. The fourth-order valence-corrected chi connectivity index (χ4v) is 1.79. The molecule has 3 nitrogen and oxygen atoms in total. The zero-order chi connectivity index (χ0) is 9.97. The Morgan fingerprint density at radius 1 is 1.50 bits per heavy atom. The van der Waals surface area contributed by atoms with Crippen molar-refractivity contribution in [3.05, 3.63) is 35.0 Å².